The largest absolute Gasteiger partial charge is 0.464 e. The van der Waals surface area contributed by atoms with Crippen LogP contribution in [0, 0.1) is 5.92 Å². The zero-order chi connectivity index (χ0) is 16.4. The first kappa shape index (κ1) is 18.7. The van der Waals surface area contributed by atoms with Crippen LogP contribution in [0.1, 0.15) is 52.0 Å². The lowest BCUT2D eigenvalue weighted by Crippen LogP contribution is -2.29. The highest BCUT2D eigenvalue weighted by Gasteiger charge is 2.22. The highest BCUT2D eigenvalue weighted by atomic mass is 16.5. The third kappa shape index (κ3) is 6.61. The summed E-state index contributed by atoms with van der Waals surface area (Å²) in [5, 5.41) is 0. The molecule has 3 nitrogen and oxygen atoms in total. The van der Waals surface area contributed by atoms with Crippen molar-refractivity contribution in [3.8, 4) is 0 Å². The van der Waals surface area contributed by atoms with E-state index in [1.807, 2.05) is 30.3 Å². The van der Waals surface area contributed by atoms with Crippen molar-refractivity contribution in [2.45, 2.75) is 46.5 Å². The summed E-state index contributed by atoms with van der Waals surface area (Å²) in [6, 6.07) is 10.0. The zero-order valence-electron chi connectivity index (χ0n) is 14.5. The first-order valence-electron chi connectivity index (χ1n) is 8.52. The molecule has 1 rings (SSSR count). The lowest BCUT2D eigenvalue weighted by atomic mass is 9.91. The summed E-state index contributed by atoms with van der Waals surface area (Å²) in [7, 11) is 0. The van der Waals surface area contributed by atoms with Crippen molar-refractivity contribution >= 4 is 5.97 Å². The van der Waals surface area contributed by atoms with Gasteiger partial charge in [0.25, 0.3) is 0 Å². The first-order valence-corrected chi connectivity index (χ1v) is 8.52. The number of hydrogen-bond donors (Lipinski definition) is 0. The van der Waals surface area contributed by atoms with Crippen LogP contribution in [0.3, 0.4) is 0 Å². The summed E-state index contributed by atoms with van der Waals surface area (Å²) < 4.78 is 5.54. The van der Waals surface area contributed by atoms with Gasteiger partial charge in [-0.25, -0.2) is 0 Å². The lowest BCUT2D eigenvalue weighted by molar-refractivity contribution is -0.146. The monoisotopic (exact) mass is 305 g/mol. The third-order valence-corrected chi connectivity index (χ3v) is 4.07. The number of carbonyl (C=O) groups excluding carboxylic acids is 1. The Morgan fingerprint density at radius 3 is 2.27 bits per heavy atom. The van der Waals surface area contributed by atoms with E-state index in [2.05, 4.69) is 32.6 Å². The maximum Gasteiger partial charge on any atom is 0.313 e. The molecule has 0 aliphatic rings. The van der Waals surface area contributed by atoms with E-state index in [1.165, 1.54) is 0 Å². The highest BCUT2D eigenvalue weighted by Crippen LogP contribution is 2.24. The molecule has 1 aromatic rings. The Hall–Kier alpha value is -1.35. The van der Waals surface area contributed by atoms with Crippen molar-refractivity contribution in [1.29, 1.82) is 0 Å². The summed E-state index contributed by atoms with van der Waals surface area (Å²) in [4.78, 5) is 14.7. The fourth-order valence-corrected chi connectivity index (χ4v) is 2.52. The topological polar surface area (TPSA) is 29.5 Å². The fraction of sp³-hybridized carbons (Fsp3) is 0.632. The maximum absolute atomic E-state index is 12.5. The second-order valence-corrected chi connectivity index (χ2v) is 6.13. The van der Waals surface area contributed by atoms with E-state index in [9.17, 15) is 4.79 Å². The van der Waals surface area contributed by atoms with Gasteiger partial charge in [0.2, 0.25) is 0 Å². The van der Waals surface area contributed by atoms with Gasteiger partial charge < -0.3 is 9.64 Å². The second-order valence-electron chi connectivity index (χ2n) is 6.13. The lowest BCUT2D eigenvalue weighted by Gasteiger charge is -2.20. The van der Waals surface area contributed by atoms with Crippen molar-refractivity contribution in [1.82, 2.24) is 4.90 Å². The molecule has 1 unspecified atom stereocenters. The molecular weight excluding hydrogens is 274 g/mol. The van der Waals surface area contributed by atoms with Gasteiger partial charge in [-0.3, -0.25) is 4.79 Å². The molecule has 0 saturated carbocycles. The van der Waals surface area contributed by atoms with E-state index < -0.39 is 0 Å². The van der Waals surface area contributed by atoms with Gasteiger partial charge in [-0.1, -0.05) is 58.0 Å². The fourth-order valence-electron chi connectivity index (χ4n) is 2.52. The Morgan fingerprint density at radius 2 is 1.73 bits per heavy atom. The van der Waals surface area contributed by atoms with E-state index in [0.717, 1.165) is 38.0 Å². The van der Waals surface area contributed by atoms with Gasteiger partial charge in [-0.05, 0) is 37.4 Å². The average Bonchev–Trinajstić information content (AvgIpc) is 2.52. The number of esters is 1. The van der Waals surface area contributed by atoms with Crippen molar-refractivity contribution in [3.63, 3.8) is 0 Å². The third-order valence-electron chi connectivity index (χ3n) is 4.07. The average molecular weight is 305 g/mol. The molecule has 3 heteroatoms. The van der Waals surface area contributed by atoms with Crippen LogP contribution in [0.25, 0.3) is 0 Å². The summed E-state index contributed by atoms with van der Waals surface area (Å²) in [5.41, 5.74) is 1.07. The standard InChI is InChI=1S/C19H31NO2/c1-5-20(6-2)14-15-22-19(21)18(13-12-16(3)4)17-10-8-7-9-11-17/h7-11,16,18H,5-6,12-15H2,1-4H3. The van der Waals surface area contributed by atoms with E-state index >= 15 is 0 Å². The molecule has 0 spiro atoms. The van der Waals surface area contributed by atoms with E-state index in [1.54, 1.807) is 0 Å². The van der Waals surface area contributed by atoms with Crippen LogP contribution in [0.2, 0.25) is 0 Å². The number of carbonyl (C=O) groups is 1. The predicted molar refractivity (Wildman–Crippen MR) is 92.0 cm³/mol. The minimum Gasteiger partial charge on any atom is -0.464 e. The Morgan fingerprint density at radius 1 is 1.09 bits per heavy atom. The van der Waals surface area contributed by atoms with Gasteiger partial charge >= 0.3 is 5.97 Å². The van der Waals surface area contributed by atoms with Crippen molar-refractivity contribution < 1.29 is 9.53 Å². The molecule has 0 aliphatic heterocycles. The normalized spacial score (nSPS) is 12.6. The molecule has 22 heavy (non-hydrogen) atoms. The smallest absolute Gasteiger partial charge is 0.313 e. The Labute approximate surface area is 135 Å². The maximum atomic E-state index is 12.5. The Balaban J connectivity index is 2.60. The van der Waals surface area contributed by atoms with E-state index in [0.29, 0.717) is 12.5 Å². The highest BCUT2D eigenvalue weighted by molar-refractivity contribution is 5.78. The number of benzene rings is 1. The van der Waals surface area contributed by atoms with Crippen LogP contribution in [-0.2, 0) is 9.53 Å². The SMILES string of the molecule is CCN(CC)CCOC(=O)C(CCC(C)C)c1ccccc1. The minimum atomic E-state index is -0.139. The molecular formula is C19H31NO2. The van der Waals surface area contributed by atoms with Crippen LogP contribution >= 0.6 is 0 Å². The van der Waals surface area contributed by atoms with E-state index in [-0.39, 0.29) is 11.9 Å². The van der Waals surface area contributed by atoms with Crippen LogP contribution < -0.4 is 0 Å². The molecule has 0 N–H and O–H groups in total. The van der Waals surface area contributed by atoms with E-state index in [4.69, 9.17) is 4.74 Å². The van der Waals surface area contributed by atoms with Gasteiger partial charge in [0.05, 0.1) is 5.92 Å². The van der Waals surface area contributed by atoms with Crippen LogP contribution in [0.5, 0.6) is 0 Å². The molecule has 0 fully saturated rings. The summed E-state index contributed by atoms with van der Waals surface area (Å²) in [6.45, 7) is 11.9. The molecule has 0 heterocycles. The number of likely N-dealkylation sites (N-methyl/N-ethyl adjacent to an activating group) is 1. The number of rotatable bonds is 10. The Kier molecular flexibility index (Phi) is 8.83. The van der Waals surface area contributed by atoms with Gasteiger partial charge in [0.15, 0.2) is 0 Å². The molecule has 0 aromatic heterocycles. The van der Waals surface area contributed by atoms with Crippen LogP contribution in [0.15, 0.2) is 30.3 Å². The summed E-state index contributed by atoms with van der Waals surface area (Å²) in [5.74, 6) is 0.369. The molecule has 0 bridgehead atoms. The quantitative estimate of drug-likeness (QED) is 0.610. The van der Waals surface area contributed by atoms with Crippen molar-refractivity contribution in [2.75, 3.05) is 26.2 Å². The number of nitrogens with zero attached hydrogens (tertiary/aromatic N) is 1. The molecule has 1 aromatic carbocycles. The van der Waals surface area contributed by atoms with Gasteiger partial charge in [-0.2, -0.15) is 0 Å². The molecule has 0 aliphatic carbocycles. The first-order chi connectivity index (χ1) is 10.6. The van der Waals surface area contributed by atoms with Crippen molar-refractivity contribution in [3.05, 3.63) is 35.9 Å². The van der Waals surface area contributed by atoms with Crippen molar-refractivity contribution in [2.24, 2.45) is 5.92 Å². The van der Waals surface area contributed by atoms with Gasteiger partial charge in [-0.15, -0.1) is 0 Å². The van der Waals surface area contributed by atoms with Gasteiger partial charge in [0.1, 0.15) is 6.61 Å². The molecule has 0 saturated heterocycles. The van der Waals surface area contributed by atoms with Crippen LogP contribution in [0.4, 0.5) is 0 Å². The summed E-state index contributed by atoms with van der Waals surface area (Å²) >= 11 is 0. The molecule has 0 radical (unpaired) electrons. The second kappa shape index (κ2) is 10.4. The molecule has 1 atom stereocenters. The molecule has 124 valence electrons. The van der Waals surface area contributed by atoms with Crippen LogP contribution in [-0.4, -0.2) is 37.1 Å². The zero-order valence-corrected chi connectivity index (χ0v) is 14.5. The van der Waals surface area contributed by atoms with Gasteiger partial charge in [0, 0.05) is 6.54 Å². The Bertz CT molecular complexity index is 413. The predicted octanol–water partition coefficient (Wildman–Crippen LogP) is 4.09. The molecule has 0 amide bonds. The minimum absolute atomic E-state index is 0.0843. The number of hydrogen-bond acceptors (Lipinski definition) is 3. The number of ether oxygens (including phenoxy) is 1. The summed E-state index contributed by atoms with van der Waals surface area (Å²) in [6.07, 6.45) is 1.89.